The van der Waals surface area contributed by atoms with Gasteiger partial charge in [-0.1, -0.05) is 54.3 Å². The summed E-state index contributed by atoms with van der Waals surface area (Å²) in [5.41, 5.74) is 0.930. The summed E-state index contributed by atoms with van der Waals surface area (Å²) < 4.78 is 0.421. The molecule has 2 fully saturated rings. The molecular formula is C18H21N3O3S2. The predicted octanol–water partition coefficient (Wildman–Crippen LogP) is 1.02. The fourth-order valence-corrected chi connectivity index (χ4v) is 4.19. The summed E-state index contributed by atoms with van der Waals surface area (Å²) in [5.74, 6) is -0.304. The zero-order valence-corrected chi connectivity index (χ0v) is 16.0. The summed E-state index contributed by atoms with van der Waals surface area (Å²) in [4.78, 5) is 31.0. The Bertz CT molecular complexity index is 716. The van der Waals surface area contributed by atoms with Crippen LogP contribution in [0.2, 0.25) is 0 Å². The Balaban J connectivity index is 1.60. The molecule has 138 valence electrons. The van der Waals surface area contributed by atoms with Crippen LogP contribution < -0.4 is 0 Å². The number of carbonyl (C=O) groups is 2. The van der Waals surface area contributed by atoms with Gasteiger partial charge in [0.15, 0.2) is 0 Å². The number of carbonyl (C=O) groups excluding carboxylic acids is 2. The molecule has 0 bridgehead atoms. The molecule has 0 atom stereocenters. The lowest BCUT2D eigenvalue weighted by molar-refractivity contribution is -0.136. The second kappa shape index (κ2) is 8.77. The predicted molar refractivity (Wildman–Crippen MR) is 106 cm³/mol. The van der Waals surface area contributed by atoms with E-state index in [-0.39, 0.29) is 25.0 Å². The van der Waals surface area contributed by atoms with Gasteiger partial charge >= 0.3 is 0 Å². The van der Waals surface area contributed by atoms with E-state index < -0.39 is 0 Å². The molecule has 2 heterocycles. The van der Waals surface area contributed by atoms with Crippen LogP contribution in [0, 0.1) is 0 Å². The van der Waals surface area contributed by atoms with Crippen LogP contribution in [0.25, 0.3) is 6.08 Å². The minimum absolute atomic E-state index is 0.0171. The van der Waals surface area contributed by atoms with Crippen LogP contribution in [-0.2, 0) is 9.59 Å². The summed E-state index contributed by atoms with van der Waals surface area (Å²) >= 11 is 6.54. The van der Waals surface area contributed by atoms with Crippen molar-refractivity contribution in [2.75, 3.05) is 45.9 Å². The van der Waals surface area contributed by atoms with E-state index >= 15 is 0 Å². The van der Waals surface area contributed by atoms with Gasteiger partial charge in [-0.25, -0.2) is 0 Å². The third-order valence-corrected chi connectivity index (χ3v) is 5.78. The average molecular weight is 392 g/mol. The molecule has 3 rings (SSSR count). The van der Waals surface area contributed by atoms with E-state index in [2.05, 4.69) is 4.90 Å². The molecule has 1 aromatic carbocycles. The molecule has 0 aromatic heterocycles. The van der Waals surface area contributed by atoms with Gasteiger partial charge in [0.05, 0.1) is 11.5 Å². The molecule has 1 aromatic rings. The molecule has 6 nitrogen and oxygen atoms in total. The van der Waals surface area contributed by atoms with Gasteiger partial charge in [-0.05, 0) is 11.6 Å². The number of amides is 2. The Morgan fingerprint density at radius 1 is 1.19 bits per heavy atom. The minimum atomic E-state index is -0.212. The molecule has 0 unspecified atom stereocenters. The molecule has 0 aliphatic carbocycles. The number of thioether (sulfide) groups is 1. The van der Waals surface area contributed by atoms with E-state index in [1.54, 1.807) is 11.0 Å². The van der Waals surface area contributed by atoms with E-state index in [0.29, 0.717) is 28.9 Å². The summed E-state index contributed by atoms with van der Waals surface area (Å²) in [6.07, 6.45) is 1.80. The van der Waals surface area contributed by atoms with Crippen molar-refractivity contribution in [1.82, 2.24) is 14.7 Å². The number of hydrogen-bond acceptors (Lipinski definition) is 6. The Labute approximate surface area is 162 Å². The smallest absolute Gasteiger partial charge is 0.266 e. The molecule has 1 N–H and O–H groups in total. The maximum atomic E-state index is 12.6. The molecule has 8 heteroatoms. The molecule has 26 heavy (non-hydrogen) atoms. The van der Waals surface area contributed by atoms with Gasteiger partial charge in [-0.3, -0.25) is 19.4 Å². The topological polar surface area (TPSA) is 64.1 Å². The van der Waals surface area contributed by atoms with Crippen molar-refractivity contribution in [1.29, 1.82) is 0 Å². The number of aliphatic hydroxyl groups excluding tert-OH is 1. The number of rotatable bonds is 5. The van der Waals surface area contributed by atoms with Crippen LogP contribution >= 0.6 is 24.0 Å². The Morgan fingerprint density at radius 2 is 1.88 bits per heavy atom. The van der Waals surface area contributed by atoms with Gasteiger partial charge in [0, 0.05) is 32.7 Å². The second-order valence-electron chi connectivity index (χ2n) is 6.12. The first-order valence-electron chi connectivity index (χ1n) is 8.50. The number of benzene rings is 1. The summed E-state index contributed by atoms with van der Waals surface area (Å²) in [6.45, 7) is 3.41. The highest BCUT2D eigenvalue weighted by atomic mass is 32.2. The van der Waals surface area contributed by atoms with Gasteiger partial charge in [0.2, 0.25) is 5.91 Å². The van der Waals surface area contributed by atoms with Crippen molar-refractivity contribution in [3.8, 4) is 0 Å². The van der Waals surface area contributed by atoms with Crippen molar-refractivity contribution < 1.29 is 14.7 Å². The highest BCUT2D eigenvalue weighted by Crippen LogP contribution is 2.32. The molecule has 0 saturated carbocycles. The first-order chi connectivity index (χ1) is 12.6. The molecule has 2 saturated heterocycles. The highest BCUT2D eigenvalue weighted by molar-refractivity contribution is 8.26. The van der Waals surface area contributed by atoms with Crippen LogP contribution in [0.5, 0.6) is 0 Å². The molecule has 2 aliphatic heterocycles. The average Bonchev–Trinajstić information content (AvgIpc) is 2.91. The Morgan fingerprint density at radius 3 is 2.54 bits per heavy atom. The van der Waals surface area contributed by atoms with E-state index in [1.807, 2.05) is 30.3 Å². The number of nitrogens with zero attached hydrogens (tertiary/aromatic N) is 3. The molecule has 0 spiro atoms. The van der Waals surface area contributed by atoms with E-state index in [4.69, 9.17) is 17.3 Å². The Hall–Kier alpha value is -1.74. The summed E-state index contributed by atoms with van der Waals surface area (Å²) in [5, 5.41) is 8.98. The lowest BCUT2D eigenvalue weighted by atomic mass is 10.2. The number of β-amino-alcohol motifs (C(OH)–C–C–N with tert-alkyl or cyclic N) is 1. The lowest BCUT2D eigenvalue weighted by Crippen LogP contribution is -2.52. The van der Waals surface area contributed by atoms with Crippen molar-refractivity contribution in [3.63, 3.8) is 0 Å². The maximum Gasteiger partial charge on any atom is 0.266 e. The highest BCUT2D eigenvalue weighted by Gasteiger charge is 2.34. The minimum Gasteiger partial charge on any atom is -0.395 e. The summed E-state index contributed by atoms with van der Waals surface area (Å²) in [6, 6.07) is 9.58. The van der Waals surface area contributed by atoms with Crippen molar-refractivity contribution in [3.05, 3.63) is 40.8 Å². The third-order valence-electron chi connectivity index (χ3n) is 4.41. The fraction of sp³-hybridized carbons (Fsp3) is 0.389. The number of hydrogen-bond donors (Lipinski definition) is 1. The molecular weight excluding hydrogens is 370 g/mol. The van der Waals surface area contributed by atoms with Gasteiger partial charge in [-0.15, -0.1) is 0 Å². The first kappa shape index (κ1) is 19.0. The standard InChI is InChI=1S/C18H21N3O3S2/c22-11-10-19-6-8-20(9-7-19)16(23)13-21-17(24)15(26-18(21)25)12-14-4-2-1-3-5-14/h1-5,12,22H,6-11,13H2. The number of piperazine rings is 1. The van der Waals surface area contributed by atoms with Crippen LogP contribution in [0.1, 0.15) is 5.56 Å². The van der Waals surface area contributed by atoms with Crippen molar-refractivity contribution >= 4 is 46.2 Å². The van der Waals surface area contributed by atoms with Crippen LogP contribution in [-0.4, -0.2) is 81.8 Å². The van der Waals surface area contributed by atoms with Crippen molar-refractivity contribution in [2.45, 2.75) is 0 Å². The van der Waals surface area contributed by atoms with E-state index in [1.165, 1.54) is 16.7 Å². The van der Waals surface area contributed by atoms with Crippen molar-refractivity contribution in [2.24, 2.45) is 0 Å². The monoisotopic (exact) mass is 391 g/mol. The zero-order valence-electron chi connectivity index (χ0n) is 14.3. The normalized spacial score (nSPS) is 20.3. The third kappa shape index (κ3) is 4.50. The van der Waals surface area contributed by atoms with E-state index in [0.717, 1.165) is 18.7 Å². The van der Waals surface area contributed by atoms with Gasteiger partial charge in [0.1, 0.15) is 10.9 Å². The van der Waals surface area contributed by atoms with E-state index in [9.17, 15) is 9.59 Å². The first-order valence-corrected chi connectivity index (χ1v) is 9.72. The van der Waals surface area contributed by atoms with Crippen LogP contribution in [0.3, 0.4) is 0 Å². The van der Waals surface area contributed by atoms with Gasteiger partial charge < -0.3 is 10.0 Å². The van der Waals surface area contributed by atoms with Crippen LogP contribution in [0.4, 0.5) is 0 Å². The van der Waals surface area contributed by atoms with Crippen LogP contribution in [0.15, 0.2) is 35.2 Å². The molecule has 0 radical (unpaired) electrons. The molecule has 2 amide bonds. The zero-order chi connectivity index (χ0) is 18.5. The quantitative estimate of drug-likeness (QED) is 0.597. The summed E-state index contributed by atoms with van der Waals surface area (Å²) in [7, 11) is 0. The lowest BCUT2D eigenvalue weighted by Gasteiger charge is -2.35. The maximum absolute atomic E-state index is 12.6. The fourth-order valence-electron chi connectivity index (χ4n) is 2.93. The second-order valence-corrected chi connectivity index (χ2v) is 7.80. The van der Waals surface area contributed by atoms with Gasteiger partial charge in [0.25, 0.3) is 5.91 Å². The number of aliphatic hydroxyl groups is 1. The molecule has 2 aliphatic rings. The SMILES string of the molecule is O=C(CN1C(=O)C(=Cc2ccccc2)SC1=S)N1CCN(CCO)CC1. The largest absolute Gasteiger partial charge is 0.395 e. The van der Waals surface area contributed by atoms with Gasteiger partial charge in [-0.2, -0.15) is 0 Å². The Kier molecular flexibility index (Phi) is 6.42. The number of thiocarbonyl (C=S) groups is 1.